The summed E-state index contributed by atoms with van der Waals surface area (Å²) >= 11 is 11.8. The van der Waals surface area contributed by atoms with Crippen LogP contribution in [-0.2, 0) is 24.3 Å². The van der Waals surface area contributed by atoms with E-state index in [4.69, 9.17) is 27.9 Å². The maximum Gasteiger partial charge on any atom is 0.338 e. The summed E-state index contributed by atoms with van der Waals surface area (Å²) in [4.78, 5) is 38.6. The Hall–Kier alpha value is -4.00. The number of nitrogens with one attached hydrogen (secondary N) is 2. The fourth-order valence-corrected chi connectivity index (χ4v) is 4.61. The summed E-state index contributed by atoms with van der Waals surface area (Å²) in [6.07, 6.45) is -0.302. The zero-order valence-corrected chi connectivity index (χ0v) is 22.1. The molecule has 1 aliphatic heterocycles. The Morgan fingerprint density at radius 1 is 0.921 bits per heavy atom. The molecule has 196 valence electrons. The minimum absolute atomic E-state index is 0.0199. The second kappa shape index (κ2) is 10.8. The van der Waals surface area contributed by atoms with Crippen molar-refractivity contribution in [1.29, 1.82) is 0 Å². The first kappa shape index (κ1) is 27.0. The summed E-state index contributed by atoms with van der Waals surface area (Å²) in [5.41, 5.74) is 0.573. The Kier molecular flexibility index (Phi) is 7.67. The van der Waals surface area contributed by atoms with Gasteiger partial charge in [0, 0.05) is 5.69 Å². The highest BCUT2D eigenvalue weighted by Gasteiger charge is 2.39. The van der Waals surface area contributed by atoms with Gasteiger partial charge in [0.1, 0.15) is 10.7 Å². The van der Waals surface area contributed by atoms with Gasteiger partial charge in [0.25, 0.3) is 21.8 Å². The number of hydrogen-bond donors (Lipinski definition) is 2. The molecule has 11 nitrogen and oxygen atoms in total. The number of nitrogens with zero attached hydrogens (tertiary/aromatic N) is 3. The van der Waals surface area contributed by atoms with Crippen LogP contribution in [0.4, 0.5) is 17.2 Å². The molecule has 1 aromatic heterocycles. The SMILES string of the molecule is CC(C)OC(=O)c1ccc(N2C(=O)C(Cl)=C(Nc3ccc(S(=O)(=O)Nc4ccc(Cl)nn4)cc3)C2=O)cc1. The van der Waals surface area contributed by atoms with Crippen LogP contribution >= 0.6 is 23.2 Å². The number of sulfonamides is 1. The van der Waals surface area contributed by atoms with E-state index in [2.05, 4.69) is 20.2 Å². The lowest BCUT2D eigenvalue weighted by Crippen LogP contribution is -2.32. The van der Waals surface area contributed by atoms with Gasteiger partial charge >= 0.3 is 5.97 Å². The number of benzene rings is 2. The summed E-state index contributed by atoms with van der Waals surface area (Å²) in [5, 5.41) is 9.75. The van der Waals surface area contributed by atoms with Crippen LogP contribution in [0, 0.1) is 0 Å². The Balaban J connectivity index is 1.47. The lowest BCUT2D eigenvalue weighted by molar-refractivity contribution is -0.120. The molecule has 14 heteroatoms. The number of esters is 1. The normalized spacial score (nSPS) is 13.8. The average molecular weight is 576 g/mol. The molecular weight excluding hydrogens is 557 g/mol. The molecule has 0 saturated carbocycles. The fourth-order valence-electron chi connectivity index (χ4n) is 3.30. The number of ether oxygens (including phenoxy) is 1. The van der Waals surface area contributed by atoms with Gasteiger partial charge in [-0.1, -0.05) is 23.2 Å². The number of hydrogen-bond acceptors (Lipinski definition) is 9. The number of rotatable bonds is 8. The minimum Gasteiger partial charge on any atom is -0.459 e. The van der Waals surface area contributed by atoms with Gasteiger partial charge < -0.3 is 10.1 Å². The second-order valence-corrected chi connectivity index (χ2v) is 10.6. The number of amides is 2. The van der Waals surface area contributed by atoms with E-state index in [1.54, 1.807) is 13.8 Å². The van der Waals surface area contributed by atoms with Crippen LogP contribution < -0.4 is 14.9 Å². The molecule has 0 radical (unpaired) electrons. The summed E-state index contributed by atoms with van der Waals surface area (Å²) < 4.78 is 32.6. The van der Waals surface area contributed by atoms with Crippen LogP contribution in [0.2, 0.25) is 5.15 Å². The molecular formula is C24H19Cl2N5O6S. The molecule has 0 saturated heterocycles. The van der Waals surface area contributed by atoms with Gasteiger partial charge in [-0.15, -0.1) is 10.2 Å². The highest BCUT2D eigenvalue weighted by Crippen LogP contribution is 2.30. The van der Waals surface area contributed by atoms with Gasteiger partial charge in [0.2, 0.25) is 0 Å². The van der Waals surface area contributed by atoms with E-state index in [9.17, 15) is 22.8 Å². The van der Waals surface area contributed by atoms with E-state index in [0.29, 0.717) is 5.69 Å². The molecule has 38 heavy (non-hydrogen) atoms. The summed E-state index contributed by atoms with van der Waals surface area (Å²) in [5.74, 6) is -2.04. The monoisotopic (exact) mass is 575 g/mol. The van der Waals surface area contributed by atoms with Crippen LogP contribution in [0.5, 0.6) is 0 Å². The van der Waals surface area contributed by atoms with Crippen molar-refractivity contribution in [3.05, 3.63) is 82.1 Å². The lowest BCUT2D eigenvalue weighted by Gasteiger charge is -2.16. The van der Waals surface area contributed by atoms with E-state index in [1.165, 1.54) is 60.7 Å². The van der Waals surface area contributed by atoms with Crippen molar-refractivity contribution in [3.63, 3.8) is 0 Å². The van der Waals surface area contributed by atoms with Crippen molar-refractivity contribution in [2.75, 3.05) is 14.9 Å². The molecule has 2 aromatic carbocycles. The Morgan fingerprint density at radius 2 is 1.58 bits per heavy atom. The Bertz CT molecular complexity index is 1540. The predicted molar refractivity (Wildman–Crippen MR) is 140 cm³/mol. The number of aromatic nitrogens is 2. The third kappa shape index (κ3) is 5.77. The topological polar surface area (TPSA) is 148 Å². The third-order valence-corrected chi connectivity index (χ3v) is 6.96. The first-order valence-electron chi connectivity index (χ1n) is 10.9. The molecule has 0 bridgehead atoms. The number of carbonyl (C=O) groups is 3. The molecule has 4 rings (SSSR count). The van der Waals surface area contributed by atoms with Gasteiger partial charge in [0.15, 0.2) is 11.0 Å². The molecule has 0 aliphatic carbocycles. The number of imide groups is 1. The molecule has 2 amide bonds. The fraction of sp³-hybridized carbons (Fsp3) is 0.125. The Morgan fingerprint density at radius 3 is 2.16 bits per heavy atom. The maximum absolute atomic E-state index is 13.0. The van der Waals surface area contributed by atoms with E-state index < -0.39 is 27.8 Å². The average Bonchev–Trinajstić information content (AvgIpc) is 3.08. The van der Waals surface area contributed by atoms with Crippen molar-refractivity contribution in [3.8, 4) is 0 Å². The van der Waals surface area contributed by atoms with Crippen LogP contribution in [0.25, 0.3) is 0 Å². The van der Waals surface area contributed by atoms with Gasteiger partial charge in [-0.2, -0.15) is 0 Å². The first-order valence-corrected chi connectivity index (χ1v) is 13.2. The van der Waals surface area contributed by atoms with E-state index in [0.717, 1.165) is 4.90 Å². The van der Waals surface area contributed by atoms with Gasteiger partial charge in [0.05, 0.1) is 22.3 Å². The first-order chi connectivity index (χ1) is 18.0. The minimum atomic E-state index is -3.99. The van der Waals surface area contributed by atoms with Crippen LogP contribution in [-0.4, -0.2) is 42.5 Å². The smallest absolute Gasteiger partial charge is 0.338 e. The third-order valence-electron chi connectivity index (χ3n) is 5.04. The number of anilines is 3. The molecule has 0 unspecified atom stereocenters. The molecule has 1 aliphatic rings. The highest BCUT2D eigenvalue weighted by molar-refractivity contribution is 7.92. The molecule has 0 spiro atoms. The molecule has 0 fully saturated rings. The van der Waals surface area contributed by atoms with E-state index in [1.807, 2.05) is 0 Å². The quantitative estimate of drug-likeness (QED) is 0.301. The number of carbonyl (C=O) groups excluding carboxylic acids is 3. The molecule has 2 N–H and O–H groups in total. The summed E-state index contributed by atoms with van der Waals surface area (Å²) in [7, 11) is -3.99. The van der Waals surface area contributed by atoms with Gasteiger partial charge in [-0.3, -0.25) is 14.3 Å². The largest absolute Gasteiger partial charge is 0.459 e. The molecule has 3 aromatic rings. The standard InChI is InChI=1S/C24H19Cl2N5O6S/c1-13(2)37-24(34)14-3-7-16(8-4-14)31-22(32)20(26)21(23(31)33)27-15-5-9-17(10-6-15)38(35,36)30-19-12-11-18(25)28-29-19/h3-13,27H,1-2H3,(H,29,30). The zero-order chi connectivity index (χ0) is 27.6. The molecule has 0 atom stereocenters. The van der Waals surface area contributed by atoms with Gasteiger partial charge in [-0.05, 0) is 74.5 Å². The van der Waals surface area contributed by atoms with Crippen molar-refractivity contribution < 1.29 is 27.5 Å². The van der Waals surface area contributed by atoms with Crippen molar-refractivity contribution in [2.24, 2.45) is 0 Å². The van der Waals surface area contributed by atoms with Crippen molar-refractivity contribution in [1.82, 2.24) is 10.2 Å². The van der Waals surface area contributed by atoms with Crippen LogP contribution in [0.3, 0.4) is 0 Å². The van der Waals surface area contributed by atoms with E-state index in [-0.39, 0.29) is 44.0 Å². The van der Waals surface area contributed by atoms with Crippen LogP contribution in [0.15, 0.2) is 76.3 Å². The number of halogens is 2. The van der Waals surface area contributed by atoms with Crippen molar-refractivity contribution >= 4 is 68.2 Å². The zero-order valence-electron chi connectivity index (χ0n) is 19.8. The maximum atomic E-state index is 13.0. The predicted octanol–water partition coefficient (Wildman–Crippen LogP) is 3.93. The summed E-state index contributed by atoms with van der Waals surface area (Å²) in [6, 6.07) is 13.8. The summed E-state index contributed by atoms with van der Waals surface area (Å²) in [6.45, 7) is 3.44. The molecule has 2 heterocycles. The second-order valence-electron chi connectivity index (χ2n) is 8.13. The van der Waals surface area contributed by atoms with E-state index >= 15 is 0 Å². The lowest BCUT2D eigenvalue weighted by atomic mass is 10.2. The van der Waals surface area contributed by atoms with Crippen molar-refractivity contribution in [2.45, 2.75) is 24.8 Å². The highest BCUT2D eigenvalue weighted by atomic mass is 35.5. The Labute approximate surface area is 227 Å². The van der Waals surface area contributed by atoms with Crippen LogP contribution in [0.1, 0.15) is 24.2 Å². The van der Waals surface area contributed by atoms with Gasteiger partial charge in [-0.25, -0.2) is 18.1 Å².